The molecule has 1 aromatic carbocycles. The zero-order chi connectivity index (χ0) is 14.6. The Balaban J connectivity index is 2.42. The number of benzene rings is 1. The topological polar surface area (TPSA) is 26.3 Å². The molecule has 1 atom stereocenters. The highest BCUT2D eigenvalue weighted by Gasteiger charge is 2.44. The third kappa shape index (κ3) is 3.39. The van der Waals surface area contributed by atoms with Gasteiger partial charge in [0.25, 0.3) is 0 Å². The molecule has 0 amide bonds. The highest BCUT2D eigenvalue weighted by Crippen LogP contribution is 2.42. The molecule has 1 fully saturated rings. The molecule has 1 aliphatic carbocycles. The van der Waals surface area contributed by atoms with Gasteiger partial charge in [0.05, 0.1) is 0 Å². The molecular formula is C17H26O2Si. The average Bonchev–Trinajstić information content (AvgIpc) is 2.46. The van der Waals surface area contributed by atoms with E-state index in [2.05, 4.69) is 19.6 Å². The Bertz CT molecular complexity index is 432. The highest BCUT2D eigenvalue weighted by atomic mass is 28.4. The van der Waals surface area contributed by atoms with Gasteiger partial charge >= 0.3 is 0 Å². The molecule has 3 heteroatoms. The van der Waals surface area contributed by atoms with Gasteiger partial charge in [-0.15, -0.1) is 0 Å². The second-order valence-corrected chi connectivity index (χ2v) is 11.3. The summed E-state index contributed by atoms with van der Waals surface area (Å²) in [5.74, 6) is 0.322. The summed E-state index contributed by atoms with van der Waals surface area (Å²) < 4.78 is 6.47. The van der Waals surface area contributed by atoms with Crippen molar-refractivity contribution in [2.75, 3.05) is 0 Å². The Kier molecular flexibility index (Phi) is 4.81. The van der Waals surface area contributed by atoms with Crippen molar-refractivity contribution in [2.24, 2.45) is 5.92 Å². The maximum absolute atomic E-state index is 12.1. The van der Waals surface area contributed by atoms with E-state index in [-0.39, 0.29) is 0 Å². The summed E-state index contributed by atoms with van der Waals surface area (Å²) in [7, 11) is -1.81. The zero-order valence-corrected chi connectivity index (χ0v) is 13.9. The predicted octanol–water partition coefficient (Wildman–Crippen LogP) is 4.51. The van der Waals surface area contributed by atoms with E-state index in [0.717, 1.165) is 24.7 Å². The average molecular weight is 290 g/mol. The van der Waals surface area contributed by atoms with Crippen molar-refractivity contribution in [1.29, 1.82) is 0 Å². The van der Waals surface area contributed by atoms with Crippen LogP contribution in [0.4, 0.5) is 0 Å². The van der Waals surface area contributed by atoms with Crippen LogP contribution in [0, 0.1) is 5.92 Å². The Labute approximate surface area is 123 Å². The quantitative estimate of drug-likeness (QED) is 0.589. The lowest BCUT2D eigenvalue weighted by Gasteiger charge is -2.42. The fraction of sp³-hybridized carbons (Fsp3) is 0.588. The number of aldehydes is 1. The number of hydrogen-bond donors (Lipinski definition) is 0. The molecule has 0 spiro atoms. The second-order valence-electron chi connectivity index (χ2n) is 6.83. The number of carbonyl (C=O) groups excluding carboxylic acids is 1. The molecule has 1 aromatic rings. The molecule has 110 valence electrons. The molecule has 2 nitrogen and oxygen atoms in total. The third-order valence-electron chi connectivity index (χ3n) is 4.09. The molecule has 0 heterocycles. The van der Waals surface area contributed by atoms with Crippen molar-refractivity contribution in [2.45, 2.75) is 57.3 Å². The maximum Gasteiger partial charge on any atom is 0.185 e. The number of rotatable bonds is 5. The van der Waals surface area contributed by atoms with E-state index < -0.39 is 13.9 Å². The summed E-state index contributed by atoms with van der Waals surface area (Å²) in [6.07, 6.45) is 6.98. The molecule has 20 heavy (non-hydrogen) atoms. The lowest BCUT2D eigenvalue weighted by atomic mass is 9.74. The molecule has 0 aliphatic heterocycles. The first-order chi connectivity index (χ1) is 9.48. The summed E-state index contributed by atoms with van der Waals surface area (Å²) in [5.41, 5.74) is 0.302. The SMILES string of the molecule is C[Si](C)(C)O[C@@](C=O)(c1ccccc1)C1CCCCC1. The fourth-order valence-corrected chi connectivity index (χ4v) is 4.65. The number of carbonyl (C=O) groups is 1. The van der Waals surface area contributed by atoms with Crippen molar-refractivity contribution in [1.82, 2.24) is 0 Å². The van der Waals surface area contributed by atoms with Crippen molar-refractivity contribution < 1.29 is 9.22 Å². The molecule has 0 bridgehead atoms. The van der Waals surface area contributed by atoms with Gasteiger partial charge in [-0.2, -0.15) is 0 Å². The summed E-state index contributed by atoms with van der Waals surface area (Å²) in [6, 6.07) is 10.1. The molecule has 1 aliphatic rings. The standard InChI is InChI=1S/C17H26O2Si/c1-20(2,3)19-17(14-18,15-10-6-4-7-11-15)16-12-8-5-9-13-16/h4,6-7,10-11,14,16H,5,8-9,12-13H2,1-3H3/t17-/m0/s1. The molecular weight excluding hydrogens is 264 g/mol. The minimum Gasteiger partial charge on any atom is -0.401 e. The molecule has 0 radical (unpaired) electrons. The summed E-state index contributed by atoms with van der Waals surface area (Å²) in [4.78, 5) is 12.1. The Morgan fingerprint density at radius 2 is 1.70 bits per heavy atom. The van der Waals surface area contributed by atoms with E-state index in [4.69, 9.17) is 4.43 Å². The first kappa shape index (κ1) is 15.5. The lowest BCUT2D eigenvalue weighted by Crippen LogP contribution is -2.47. The van der Waals surface area contributed by atoms with Crippen LogP contribution in [0.2, 0.25) is 19.6 Å². The highest BCUT2D eigenvalue weighted by molar-refractivity contribution is 6.70. The van der Waals surface area contributed by atoms with Crippen LogP contribution in [-0.2, 0) is 14.8 Å². The summed E-state index contributed by atoms with van der Waals surface area (Å²) in [6.45, 7) is 6.49. The second kappa shape index (κ2) is 6.23. The van der Waals surface area contributed by atoms with Gasteiger partial charge in [-0.3, -0.25) is 4.79 Å². The van der Waals surface area contributed by atoms with E-state index >= 15 is 0 Å². The normalized spacial score (nSPS) is 20.4. The monoisotopic (exact) mass is 290 g/mol. The molecule has 0 aromatic heterocycles. The van der Waals surface area contributed by atoms with Crippen LogP contribution in [0.5, 0.6) is 0 Å². The van der Waals surface area contributed by atoms with Crippen molar-refractivity contribution in [3.8, 4) is 0 Å². The van der Waals surface area contributed by atoms with Gasteiger partial charge < -0.3 is 4.43 Å². The van der Waals surface area contributed by atoms with Gasteiger partial charge in [0.15, 0.2) is 14.6 Å². The minimum atomic E-state index is -1.81. The van der Waals surface area contributed by atoms with E-state index in [1.807, 2.05) is 30.3 Å². The van der Waals surface area contributed by atoms with Crippen LogP contribution in [0.15, 0.2) is 30.3 Å². The predicted molar refractivity (Wildman–Crippen MR) is 85.2 cm³/mol. The van der Waals surface area contributed by atoms with Gasteiger partial charge in [-0.1, -0.05) is 49.6 Å². The molecule has 0 saturated heterocycles. The Morgan fingerprint density at radius 3 is 2.20 bits per heavy atom. The van der Waals surface area contributed by atoms with Gasteiger partial charge in [-0.25, -0.2) is 0 Å². The number of hydrogen-bond acceptors (Lipinski definition) is 2. The largest absolute Gasteiger partial charge is 0.401 e. The van der Waals surface area contributed by atoms with Crippen LogP contribution in [-0.4, -0.2) is 14.6 Å². The van der Waals surface area contributed by atoms with Crippen molar-refractivity contribution in [3.05, 3.63) is 35.9 Å². The minimum absolute atomic E-state index is 0.322. The smallest absolute Gasteiger partial charge is 0.185 e. The molecule has 0 unspecified atom stereocenters. The zero-order valence-electron chi connectivity index (χ0n) is 12.9. The maximum atomic E-state index is 12.1. The van der Waals surface area contributed by atoms with Crippen LogP contribution in [0.25, 0.3) is 0 Å². The summed E-state index contributed by atoms with van der Waals surface area (Å²) >= 11 is 0. The van der Waals surface area contributed by atoms with Gasteiger partial charge in [0, 0.05) is 0 Å². The molecule has 2 rings (SSSR count). The van der Waals surface area contributed by atoms with Crippen LogP contribution >= 0.6 is 0 Å². The van der Waals surface area contributed by atoms with Gasteiger partial charge in [-0.05, 0) is 44.0 Å². The first-order valence-corrected chi connectivity index (χ1v) is 11.1. The van der Waals surface area contributed by atoms with Gasteiger partial charge in [0.2, 0.25) is 0 Å². The lowest BCUT2D eigenvalue weighted by molar-refractivity contribution is -0.130. The Morgan fingerprint density at radius 1 is 1.10 bits per heavy atom. The van der Waals surface area contributed by atoms with Crippen LogP contribution < -0.4 is 0 Å². The van der Waals surface area contributed by atoms with Crippen LogP contribution in [0.1, 0.15) is 37.7 Å². The first-order valence-electron chi connectivity index (χ1n) is 7.70. The Hall–Kier alpha value is -0.933. The van der Waals surface area contributed by atoms with E-state index in [9.17, 15) is 4.79 Å². The summed E-state index contributed by atoms with van der Waals surface area (Å²) in [5, 5.41) is 0. The van der Waals surface area contributed by atoms with E-state index in [1.165, 1.54) is 19.3 Å². The third-order valence-corrected chi connectivity index (χ3v) is 5.04. The fourth-order valence-electron chi connectivity index (χ4n) is 3.30. The van der Waals surface area contributed by atoms with Crippen LogP contribution in [0.3, 0.4) is 0 Å². The van der Waals surface area contributed by atoms with E-state index in [1.54, 1.807) is 0 Å². The van der Waals surface area contributed by atoms with E-state index in [0.29, 0.717) is 5.92 Å². The molecule has 0 N–H and O–H groups in total. The van der Waals surface area contributed by atoms with Crippen molar-refractivity contribution >= 4 is 14.6 Å². The van der Waals surface area contributed by atoms with Crippen molar-refractivity contribution in [3.63, 3.8) is 0 Å². The van der Waals surface area contributed by atoms with Gasteiger partial charge in [0.1, 0.15) is 5.60 Å². The molecule has 1 saturated carbocycles.